The highest BCUT2D eigenvalue weighted by atomic mass is 127. The molecule has 0 radical (unpaired) electrons. The maximum absolute atomic E-state index is 12.0. The van der Waals surface area contributed by atoms with Crippen LogP contribution in [0.1, 0.15) is 29.9 Å². The lowest BCUT2D eigenvalue weighted by molar-refractivity contribution is -0.116. The second-order valence-corrected chi connectivity index (χ2v) is 8.84. The Morgan fingerprint density at radius 1 is 1.22 bits per heavy atom. The molecule has 0 spiro atoms. The molecule has 2 aromatic rings. The highest BCUT2D eigenvalue weighted by Crippen LogP contribution is 2.31. The lowest BCUT2D eigenvalue weighted by atomic mass is 9.90. The number of hydrogen-bond donors (Lipinski definition) is 3. The van der Waals surface area contributed by atoms with Crippen molar-refractivity contribution in [1.82, 2.24) is 10.6 Å². The zero-order valence-corrected chi connectivity index (χ0v) is 21.6. The Morgan fingerprint density at radius 3 is 2.81 bits per heavy atom. The van der Waals surface area contributed by atoms with Gasteiger partial charge < -0.3 is 20.9 Å². The maximum Gasteiger partial charge on any atom is 0.225 e. The van der Waals surface area contributed by atoms with Crippen molar-refractivity contribution in [2.24, 2.45) is 10.9 Å². The Bertz CT molecular complexity index is 983. The molecule has 2 aliphatic rings. The molecule has 2 atom stereocenters. The molecule has 0 aromatic heterocycles. The SMILES string of the molecule is CN=C(NCC1CCN(c2cc(Cl)ccc2C)C1)NCC1CC(=O)Nc2ccccc21.I. The van der Waals surface area contributed by atoms with Crippen LogP contribution in [-0.2, 0) is 4.79 Å². The fourth-order valence-corrected chi connectivity index (χ4v) is 4.67. The van der Waals surface area contributed by atoms with Crippen LogP contribution in [0.4, 0.5) is 11.4 Å². The molecule has 1 amide bonds. The first-order chi connectivity index (χ1) is 15.0. The van der Waals surface area contributed by atoms with E-state index in [9.17, 15) is 4.79 Å². The number of nitrogens with one attached hydrogen (secondary N) is 3. The minimum atomic E-state index is 0. The van der Waals surface area contributed by atoms with Gasteiger partial charge in [-0.25, -0.2) is 0 Å². The highest BCUT2D eigenvalue weighted by Gasteiger charge is 2.26. The Labute approximate surface area is 212 Å². The molecule has 1 saturated heterocycles. The second kappa shape index (κ2) is 11.2. The summed E-state index contributed by atoms with van der Waals surface area (Å²) < 4.78 is 0. The van der Waals surface area contributed by atoms with Gasteiger partial charge in [0.1, 0.15) is 0 Å². The van der Waals surface area contributed by atoms with Gasteiger partial charge >= 0.3 is 0 Å². The Morgan fingerprint density at radius 2 is 2.00 bits per heavy atom. The van der Waals surface area contributed by atoms with Gasteiger partial charge in [-0.15, -0.1) is 24.0 Å². The number of carbonyl (C=O) groups is 1. The zero-order valence-electron chi connectivity index (χ0n) is 18.5. The van der Waals surface area contributed by atoms with Gasteiger partial charge in [0.2, 0.25) is 5.91 Å². The normalized spacial score (nSPS) is 20.3. The largest absolute Gasteiger partial charge is 0.371 e. The summed E-state index contributed by atoms with van der Waals surface area (Å²) >= 11 is 6.20. The number of halogens is 2. The van der Waals surface area contributed by atoms with E-state index in [0.29, 0.717) is 18.9 Å². The predicted molar refractivity (Wildman–Crippen MR) is 144 cm³/mol. The molecular weight excluding hydrogens is 537 g/mol. The van der Waals surface area contributed by atoms with E-state index in [1.807, 2.05) is 24.3 Å². The fraction of sp³-hybridized carbons (Fsp3) is 0.417. The average Bonchev–Trinajstić information content (AvgIpc) is 3.24. The lowest BCUT2D eigenvalue weighted by Crippen LogP contribution is -2.42. The monoisotopic (exact) mass is 567 g/mol. The Kier molecular flexibility index (Phi) is 8.64. The van der Waals surface area contributed by atoms with Gasteiger partial charge in [0, 0.05) is 62.0 Å². The molecule has 2 unspecified atom stereocenters. The molecule has 6 nitrogen and oxygen atoms in total. The van der Waals surface area contributed by atoms with Crippen molar-refractivity contribution in [1.29, 1.82) is 0 Å². The summed E-state index contributed by atoms with van der Waals surface area (Å²) in [6.07, 6.45) is 1.61. The van der Waals surface area contributed by atoms with Crippen LogP contribution in [0, 0.1) is 12.8 Å². The number of benzene rings is 2. The van der Waals surface area contributed by atoms with Crippen LogP contribution in [0.2, 0.25) is 5.02 Å². The van der Waals surface area contributed by atoms with Gasteiger partial charge in [-0.1, -0.05) is 35.9 Å². The first kappa shape index (κ1) is 24.6. The number of amides is 1. The number of para-hydroxylation sites is 1. The zero-order chi connectivity index (χ0) is 21.8. The van der Waals surface area contributed by atoms with Crippen LogP contribution in [0.25, 0.3) is 0 Å². The van der Waals surface area contributed by atoms with Gasteiger partial charge in [-0.05, 0) is 48.6 Å². The standard InChI is InChI=1S/C24H30ClN5O.HI/c1-16-7-8-19(25)12-22(16)30-10-9-17(15-30)13-27-24(26-2)28-14-18-11-23(31)29-21-6-4-3-5-20(18)21;/h3-8,12,17-18H,9-11,13-15H2,1-2H3,(H,29,31)(H2,26,27,28);1H. The van der Waals surface area contributed by atoms with E-state index < -0.39 is 0 Å². The number of carbonyl (C=O) groups excluding carboxylic acids is 1. The molecule has 0 aliphatic carbocycles. The van der Waals surface area contributed by atoms with E-state index in [1.54, 1.807) is 7.05 Å². The maximum atomic E-state index is 12.0. The van der Waals surface area contributed by atoms with E-state index in [1.165, 1.54) is 16.8 Å². The Hall–Kier alpha value is -2.00. The van der Waals surface area contributed by atoms with Crippen molar-refractivity contribution in [2.45, 2.75) is 25.7 Å². The molecule has 32 heavy (non-hydrogen) atoms. The molecule has 172 valence electrons. The number of nitrogens with zero attached hydrogens (tertiary/aromatic N) is 2. The molecule has 0 bridgehead atoms. The van der Waals surface area contributed by atoms with Crippen LogP contribution in [0.15, 0.2) is 47.5 Å². The molecule has 3 N–H and O–H groups in total. The molecule has 8 heteroatoms. The van der Waals surface area contributed by atoms with Crippen molar-refractivity contribution < 1.29 is 4.79 Å². The summed E-state index contributed by atoms with van der Waals surface area (Å²) in [4.78, 5) is 18.8. The summed E-state index contributed by atoms with van der Waals surface area (Å²) in [5.74, 6) is 1.52. The summed E-state index contributed by atoms with van der Waals surface area (Å²) in [5.41, 5.74) is 4.57. The summed E-state index contributed by atoms with van der Waals surface area (Å²) in [6.45, 7) is 5.70. The molecule has 2 heterocycles. The van der Waals surface area contributed by atoms with Crippen LogP contribution in [0.3, 0.4) is 0 Å². The van der Waals surface area contributed by atoms with Crippen LogP contribution < -0.4 is 20.9 Å². The molecule has 4 rings (SSSR count). The number of hydrogen-bond acceptors (Lipinski definition) is 3. The van der Waals surface area contributed by atoms with Gasteiger partial charge in [-0.3, -0.25) is 9.79 Å². The van der Waals surface area contributed by atoms with Crippen LogP contribution >= 0.6 is 35.6 Å². The summed E-state index contributed by atoms with van der Waals surface area (Å²) in [6, 6.07) is 14.1. The van der Waals surface area contributed by atoms with E-state index in [2.05, 4.69) is 51.0 Å². The number of anilines is 2. The van der Waals surface area contributed by atoms with E-state index in [0.717, 1.165) is 42.7 Å². The van der Waals surface area contributed by atoms with Crippen LogP contribution in [0.5, 0.6) is 0 Å². The number of guanidine groups is 1. The predicted octanol–water partition coefficient (Wildman–Crippen LogP) is 4.38. The van der Waals surface area contributed by atoms with Gasteiger partial charge in [0.15, 0.2) is 5.96 Å². The third-order valence-corrected chi connectivity index (χ3v) is 6.44. The number of fused-ring (bicyclic) bond motifs is 1. The summed E-state index contributed by atoms with van der Waals surface area (Å²) in [5, 5.41) is 10.6. The fourth-order valence-electron chi connectivity index (χ4n) is 4.51. The van der Waals surface area contributed by atoms with Gasteiger partial charge in [-0.2, -0.15) is 0 Å². The first-order valence-corrected chi connectivity index (χ1v) is 11.3. The third kappa shape index (κ3) is 5.86. The van der Waals surface area contributed by atoms with Gasteiger partial charge in [0.25, 0.3) is 0 Å². The molecular formula is C24H31ClIN5O. The van der Waals surface area contributed by atoms with Gasteiger partial charge in [0.05, 0.1) is 0 Å². The topological polar surface area (TPSA) is 68.8 Å². The molecule has 0 saturated carbocycles. The van der Waals surface area contributed by atoms with Crippen molar-refractivity contribution in [2.75, 3.05) is 43.4 Å². The van der Waals surface area contributed by atoms with Crippen molar-refractivity contribution in [3.05, 3.63) is 58.6 Å². The highest BCUT2D eigenvalue weighted by molar-refractivity contribution is 14.0. The van der Waals surface area contributed by atoms with E-state index in [4.69, 9.17) is 11.6 Å². The lowest BCUT2D eigenvalue weighted by Gasteiger charge is -2.26. The third-order valence-electron chi connectivity index (χ3n) is 6.20. The molecule has 2 aromatic carbocycles. The van der Waals surface area contributed by atoms with Crippen molar-refractivity contribution in [3.63, 3.8) is 0 Å². The summed E-state index contributed by atoms with van der Waals surface area (Å²) in [7, 11) is 1.78. The minimum absolute atomic E-state index is 0. The molecule has 1 fully saturated rings. The minimum Gasteiger partial charge on any atom is -0.371 e. The molecule has 2 aliphatic heterocycles. The smallest absolute Gasteiger partial charge is 0.225 e. The number of aryl methyl sites for hydroxylation is 1. The van der Waals surface area contributed by atoms with E-state index in [-0.39, 0.29) is 35.8 Å². The van der Waals surface area contributed by atoms with Crippen molar-refractivity contribution in [3.8, 4) is 0 Å². The average molecular weight is 568 g/mol. The van der Waals surface area contributed by atoms with Crippen molar-refractivity contribution >= 4 is 58.8 Å². The second-order valence-electron chi connectivity index (χ2n) is 8.40. The van der Waals surface area contributed by atoms with E-state index >= 15 is 0 Å². The quantitative estimate of drug-likeness (QED) is 0.285. The number of rotatable bonds is 5. The number of aliphatic imine (C=N–C) groups is 1. The Balaban J connectivity index is 0.00000289. The first-order valence-electron chi connectivity index (χ1n) is 10.9. The van der Waals surface area contributed by atoms with Crippen LogP contribution in [-0.4, -0.2) is 45.1 Å².